The first-order valence-electron chi connectivity index (χ1n) is 5.64. The monoisotopic (exact) mass is 241 g/mol. The van der Waals surface area contributed by atoms with E-state index in [2.05, 4.69) is 10.9 Å². The van der Waals surface area contributed by atoms with Crippen molar-refractivity contribution >= 4 is 17.3 Å². The number of para-hydroxylation sites is 1. The summed E-state index contributed by atoms with van der Waals surface area (Å²) in [6.07, 6.45) is 0. The van der Waals surface area contributed by atoms with Gasteiger partial charge in [-0.15, -0.1) is 0 Å². The molecule has 0 radical (unpaired) electrons. The second-order valence-corrected chi connectivity index (χ2v) is 4.03. The molecule has 92 valence electrons. The van der Waals surface area contributed by atoms with E-state index < -0.39 is 0 Å². The highest BCUT2D eigenvalue weighted by Crippen LogP contribution is 2.11. The van der Waals surface area contributed by atoms with Gasteiger partial charge in [-0.05, 0) is 31.2 Å². The van der Waals surface area contributed by atoms with Crippen molar-refractivity contribution in [3.63, 3.8) is 0 Å². The summed E-state index contributed by atoms with van der Waals surface area (Å²) in [6.45, 7) is 2.01. The Labute approximate surface area is 106 Å². The Hall–Kier alpha value is -2.49. The van der Waals surface area contributed by atoms with Crippen molar-refractivity contribution < 1.29 is 4.79 Å². The third kappa shape index (κ3) is 2.79. The van der Waals surface area contributed by atoms with Crippen molar-refractivity contribution in [2.45, 2.75) is 6.92 Å². The predicted molar refractivity (Wildman–Crippen MR) is 73.1 cm³/mol. The fourth-order valence-corrected chi connectivity index (χ4v) is 1.54. The van der Waals surface area contributed by atoms with E-state index in [0.717, 1.165) is 5.69 Å². The molecular weight excluding hydrogens is 226 g/mol. The molecule has 0 aliphatic rings. The minimum Gasteiger partial charge on any atom is -0.398 e. The van der Waals surface area contributed by atoms with E-state index in [0.29, 0.717) is 11.3 Å². The van der Waals surface area contributed by atoms with Gasteiger partial charge in [-0.2, -0.15) is 0 Å². The summed E-state index contributed by atoms with van der Waals surface area (Å²) in [7, 11) is 0. The van der Waals surface area contributed by atoms with Gasteiger partial charge in [0.25, 0.3) is 5.91 Å². The van der Waals surface area contributed by atoms with Gasteiger partial charge in [0, 0.05) is 5.69 Å². The molecule has 2 aromatic rings. The number of nitrogen functional groups attached to an aromatic ring is 1. The average molecular weight is 241 g/mol. The molecular formula is C14H15N3O. The second-order valence-electron chi connectivity index (χ2n) is 4.03. The van der Waals surface area contributed by atoms with Crippen LogP contribution in [0.1, 0.15) is 15.9 Å². The molecule has 4 nitrogen and oxygen atoms in total. The molecule has 0 heterocycles. The molecule has 2 aromatic carbocycles. The normalized spacial score (nSPS) is 9.83. The molecule has 0 aliphatic carbocycles. The summed E-state index contributed by atoms with van der Waals surface area (Å²) in [4.78, 5) is 11.9. The van der Waals surface area contributed by atoms with Gasteiger partial charge in [0.15, 0.2) is 0 Å². The molecule has 0 saturated heterocycles. The highest BCUT2D eigenvalue weighted by atomic mass is 16.2. The zero-order chi connectivity index (χ0) is 13.0. The summed E-state index contributed by atoms with van der Waals surface area (Å²) in [5.41, 5.74) is 14.1. The van der Waals surface area contributed by atoms with E-state index in [4.69, 9.17) is 5.73 Å². The Kier molecular flexibility index (Phi) is 3.48. The number of carbonyl (C=O) groups is 1. The van der Waals surface area contributed by atoms with Crippen LogP contribution in [0, 0.1) is 6.92 Å². The number of benzene rings is 2. The van der Waals surface area contributed by atoms with Crippen LogP contribution in [-0.2, 0) is 0 Å². The molecule has 4 heteroatoms. The lowest BCUT2D eigenvalue weighted by Gasteiger charge is -2.09. The summed E-state index contributed by atoms with van der Waals surface area (Å²) in [5, 5.41) is 0. The fraction of sp³-hybridized carbons (Fsp3) is 0.0714. The third-order valence-electron chi connectivity index (χ3n) is 2.58. The van der Waals surface area contributed by atoms with Crippen LogP contribution in [0.15, 0.2) is 48.5 Å². The van der Waals surface area contributed by atoms with Crippen LogP contribution in [0.25, 0.3) is 0 Å². The molecule has 2 rings (SSSR count). The van der Waals surface area contributed by atoms with E-state index >= 15 is 0 Å². The molecule has 1 amide bonds. The van der Waals surface area contributed by atoms with E-state index in [-0.39, 0.29) is 5.91 Å². The van der Waals surface area contributed by atoms with Crippen molar-refractivity contribution in [2.75, 3.05) is 11.2 Å². The first-order valence-corrected chi connectivity index (χ1v) is 5.64. The van der Waals surface area contributed by atoms with Gasteiger partial charge in [0.1, 0.15) is 0 Å². The minimum atomic E-state index is -0.256. The SMILES string of the molecule is Cc1ccc(NNC(=O)c2ccccc2N)cc1. The van der Waals surface area contributed by atoms with Crippen LogP contribution < -0.4 is 16.6 Å². The van der Waals surface area contributed by atoms with E-state index in [1.165, 1.54) is 5.56 Å². The Bertz CT molecular complexity index is 549. The number of nitrogens with one attached hydrogen (secondary N) is 2. The molecule has 0 aliphatic heterocycles. The maximum atomic E-state index is 11.9. The first-order chi connectivity index (χ1) is 8.66. The summed E-state index contributed by atoms with van der Waals surface area (Å²) >= 11 is 0. The summed E-state index contributed by atoms with van der Waals surface area (Å²) < 4.78 is 0. The molecule has 0 unspecified atom stereocenters. The van der Waals surface area contributed by atoms with Crippen molar-refractivity contribution in [2.24, 2.45) is 0 Å². The number of hydrazine groups is 1. The molecule has 4 N–H and O–H groups in total. The zero-order valence-corrected chi connectivity index (χ0v) is 10.1. The predicted octanol–water partition coefficient (Wildman–Crippen LogP) is 2.33. The van der Waals surface area contributed by atoms with Gasteiger partial charge in [0.2, 0.25) is 0 Å². The van der Waals surface area contributed by atoms with Crippen LogP contribution in [0.4, 0.5) is 11.4 Å². The van der Waals surface area contributed by atoms with E-state index in [1.54, 1.807) is 24.3 Å². The van der Waals surface area contributed by atoms with Gasteiger partial charge in [-0.3, -0.25) is 15.6 Å². The van der Waals surface area contributed by atoms with Crippen LogP contribution in [0.3, 0.4) is 0 Å². The number of rotatable bonds is 3. The van der Waals surface area contributed by atoms with Gasteiger partial charge in [-0.25, -0.2) is 0 Å². The van der Waals surface area contributed by atoms with Gasteiger partial charge in [0.05, 0.1) is 11.3 Å². The number of carbonyl (C=O) groups excluding carboxylic acids is 1. The second kappa shape index (κ2) is 5.23. The molecule has 0 bridgehead atoms. The molecule has 0 spiro atoms. The Morgan fingerprint density at radius 1 is 1.06 bits per heavy atom. The van der Waals surface area contributed by atoms with Crippen molar-refractivity contribution in [3.8, 4) is 0 Å². The van der Waals surface area contributed by atoms with E-state index in [1.807, 2.05) is 31.2 Å². The molecule has 0 aromatic heterocycles. The number of aryl methyl sites for hydroxylation is 1. The first kappa shape index (κ1) is 12.0. The largest absolute Gasteiger partial charge is 0.398 e. The maximum absolute atomic E-state index is 11.9. The summed E-state index contributed by atoms with van der Waals surface area (Å²) in [5.74, 6) is -0.256. The Morgan fingerprint density at radius 3 is 2.39 bits per heavy atom. The third-order valence-corrected chi connectivity index (χ3v) is 2.58. The van der Waals surface area contributed by atoms with Gasteiger partial charge >= 0.3 is 0 Å². The van der Waals surface area contributed by atoms with Crippen LogP contribution >= 0.6 is 0 Å². The quantitative estimate of drug-likeness (QED) is 0.570. The molecule has 0 atom stereocenters. The smallest absolute Gasteiger partial charge is 0.271 e. The van der Waals surface area contributed by atoms with Gasteiger partial charge in [-0.1, -0.05) is 29.8 Å². The number of hydrogen-bond acceptors (Lipinski definition) is 3. The van der Waals surface area contributed by atoms with Crippen LogP contribution in [0.2, 0.25) is 0 Å². The highest BCUT2D eigenvalue weighted by molar-refractivity contribution is 5.99. The minimum absolute atomic E-state index is 0.256. The van der Waals surface area contributed by atoms with Crippen molar-refractivity contribution in [3.05, 3.63) is 59.7 Å². The number of nitrogens with two attached hydrogens (primary N) is 1. The van der Waals surface area contributed by atoms with Gasteiger partial charge < -0.3 is 5.73 Å². The fourth-order valence-electron chi connectivity index (χ4n) is 1.54. The topological polar surface area (TPSA) is 67.1 Å². The molecule has 0 saturated carbocycles. The number of hydrogen-bond donors (Lipinski definition) is 3. The maximum Gasteiger partial charge on any atom is 0.271 e. The van der Waals surface area contributed by atoms with Crippen molar-refractivity contribution in [1.82, 2.24) is 5.43 Å². The van der Waals surface area contributed by atoms with Crippen molar-refractivity contribution in [1.29, 1.82) is 0 Å². The summed E-state index contributed by atoms with van der Waals surface area (Å²) in [6, 6.07) is 14.7. The Balaban J connectivity index is 2.01. The number of amides is 1. The Morgan fingerprint density at radius 2 is 1.72 bits per heavy atom. The zero-order valence-electron chi connectivity index (χ0n) is 10.1. The highest BCUT2D eigenvalue weighted by Gasteiger charge is 2.07. The molecule has 0 fully saturated rings. The number of anilines is 2. The lowest BCUT2D eigenvalue weighted by atomic mass is 10.2. The van der Waals surface area contributed by atoms with Crippen LogP contribution in [0.5, 0.6) is 0 Å². The lowest BCUT2D eigenvalue weighted by Crippen LogP contribution is -2.29. The lowest BCUT2D eigenvalue weighted by molar-refractivity contribution is 0.0963. The molecule has 18 heavy (non-hydrogen) atoms. The van der Waals surface area contributed by atoms with Crippen LogP contribution in [-0.4, -0.2) is 5.91 Å². The van der Waals surface area contributed by atoms with E-state index in [9.17, 15) is 4.79 Å². The average Bonchev–Trinajstić information content (AvgIpc) is 2.38. The standard InChI is InChI=1S/C14H15N3O/c1-10-6-8-11(9-7-10)16-17-14(18)12-4-2-3-5-13(12)15/h2-9,16H,15H2,1H3,(H,17,18).